The Morgan fingerprint density at radius 2 is 1.29 bits per heavy atom. The van der Waals surface area contributed by atoms with E-state index in [0.717, 1.165) is 18.4 Å². The second-order valence-electron chi connectivity index (χ2n) is 8.78. The second-order valence-corrected chi connectivity index (χ2v) is 8.78. The molecule has 0 saturated carbocycles. The number of ether oxygens (including phenoxy) is 1. The van der Waals surface area contributed by atoms with Gasteiger partial charge in [0.15, 0.2) is 0 Å². The van der Waals surface area contributed by atoms with Gasteiger partial charge in [-0.2, -0.15) is 5.32 Å². The van der Waals surface area contributed by atoms with E-state index in [1.807, 2.05) is 30.3 Å². The number of imide groups is 1. The van der Waals surface area contributed by atoms with Gasteiger partial charge in [0.2, 0.25) is 5.72 Å². The van der Waals surface area contributed by atoms with E-state index in [4.69, 9.17) is 4.74 Å². The van der Waals surface area contributed by atoms with Crippen LogP contribution in [0.4, 0.5) is 4.79 Å². The van der Waals surface area contributed by atoms with Crippen LogP contribution in [0.15, 0.2) is 30.3 Å². The van der Waals surface area contributed by atoms with E-state index < -0.39 is 17.7 Å². The second kappa shape index (κ2) is 15.0. The Bertz CT molecular complexity index is 635. The SMILES string of the molecule is CCCCCCCCCCCCCCCCOC1(Cc2ccccc2)NC(=O)[N]C1=O. The third-order valence-corrected chi connectivity index (χ3v) is 6.00. The third-order valence-electron chi connectivity index (χ3n) is 6.00. The largest absolute Gasteiger partial charge is 0.347 e. The lowest BCUT2D eigenvalue weighted by molar-refractivity contribution is -0.145. The summed E-state index contributed by atoms with van der Waals surface area (Å²) in [5.74, 6) is -0.522. The quantitative estimate of drug-likeness (QED) is 0.221. The van der Waals surface area contributed by atoms with Crippen LogP contribution in [0.1, 0.15) is 102 Å². The minimum atomic E-state index is -1.34. The predicted molar refractivity (Wildman–Crippen MR) is 125 cm³/mol. The van der Waals surface area contributed by atoms with Crippen molar-refractivity contribution in [3.05, 3.63) is 35.9 Å². The van der Waals surface area contributed by atoms with Crippen LogP contribution in [0.25, 0.3) is 0 Å². The molecule has 1 N–H and O–H groups in total. The maximum absolute atomic E-state index is 12.3. The number of nitrogens with zero attached hydrogens (tertiary/aromatic N) is 1. The number of carbonyl (C=O) groups is 2. The summed E-state index contributed by atoms with van der Waals surface area (Å²) in [6.45, 7) is 2.72. The summed E-state index contributed by atoms with van der Waals surface area (Å²) < 4.78 is 5.91. The molecule has 173 valence electrons. The van der Waals surface area contributed by atoms with Crippen LogP contribution >= 0.6 is 0 Å². The average Bonchev–Trinajstić information content (AvgIpc) is 3.04. The minimum absolute atomic E-state index is 0.306. The van der Waals surface area contributed by atoms with Crippen molar-refractivity contribution in [1.82, 2.24) is 10.6 Å². The Hall–Kier alpha value is -1.88. The lowest BCUT2D eigenvalue weighted by atomic mass is 10.0. The van der Waals surface area contributed by atoms with E-state index in [1.54, 1.807) is 0 Å². The van der Waals surface area contributed by atoms with E-state index >= 15 is 0 Å². The van der Waals surface area contributed by atoms with Gasteiger partial charge in [-0.15, -0.1) is 0 Å². The molecule has 1 fully saturated rings. The maximum Gasteiger partial charge on any atom is 0.346 e. The monoisotopic (exact) mass is 429 g/mol. The topological polar surface area (TPSA) is 69.5 Å². The molecule has 31 heavy (non-hydrogen) atoms. The molecule has 1 aliphatic heterocycles. The number of benzene rings is 1. The van der Waals surface area contributed by atoms with Crippen LogP contribution in [-0.4, -0.2) is 24.3 Å². The van der Waals surface area contributed by atoms with Crippen LogP contribution < -0.4 is 10.6 Å². The van der Waals surface area contributed by atoms with Gasteiger partial charge in [-0.1, -0.05) is 121 Å². The Balaban J connectivity index is 1.52. The number of urea groups is 1. The molecule has 3 amide bonds. The van der Waals surface area contributed by atoms with Gasteiger partial charge in [0.1, 0.15) is 0 Å². The number of carbonyl (C=O) groups excluding carboxylic acids is 2. The molecule has 2 rings (SSSR count). The first-order valence-corrected chi connectivity index (χ1v) is 12.4. The zero-order valence-electron chi connectivity index (χ0n) is 19.4. The van der Waals surface area contributed by atoms with Gasteiger partial charge in [0, 0.05) is 6.42 Å². The van der Waals surface area contributed by atoms with Crippen LogP contribution in [0, 0.1) is 0 Å². The molecule has 5 nitrogen and oxygen atoms in total. The molecule has 1 aromatic carbocycles. The van der Waals surface area contributed by atoms with E-state index in [-0.39, 0.29) is 0 Å². The predicted octanol–water partition coefficient (Wildman–Crippen LogP) is 6.28. The summed E-state index contributed by atoms with van der Waals surface area (Å²) in [5.41, 5.74) is -0.399. The number of nitrogens with one attached hydrogen (secondary N) is 1. The van der Waals surface area contributed by atoms with Crippen LogP contribution in [0.5, 0.6) is 0 Å². The Kier molecular flexibility index (Phi) is 12.3. The van der Waals surface area contributed by atoms with Crippen molar-refractivity contribution in [1.29, 1.82) is 0 Å². The molecule has 0 spiro atoms. The molecular formula is C26H41N2O3. The van der Waals surface area contributed by atoms with Gasteiger partial charge in [0.25, 0.3) is 0 Å². The van der Waals surface area contributed by atoms with E-state index in [1.165, 1.54) is 77.0 Å². The van der Waals surface area contributed by atoms with Crippen molar-refractivity contribution in [2.45, 2.75) is 109 Å². The van der Waals surface area contributed by atoms with Gasteiger partial charge in [0.05, 0.1) is 6.61 Å². The molecule has 1 aromatic rings. The standard InChI is InChI=1S/C26H41N2O3/c1-2-3-4-5-6-7-8-9-10-11-12-13-14-18-21-31-26(24(29)27-25(30)28-26)22-23-19-16-15-17-20-23/h15-17,19-20H,2-14,18,21-22H2,1H3,(H,28,30). The van der Waals surface area contributed by atoms with Crippen molar-refractivity contribution in [2.24, 2.45) is 0 Å². The van der Waals surface area contributed by atoms with Gasteiger partial charge < -0.3 is 4.74 Å². The molecule has 5 heteroatoms. The van der Waals surface area contributed by atoms with Gasteiger partial charge in [-0.05, 0) is 12.0 Å². The molecule has 0 aromatic heterocycles. The zero-order chi connectivity index (χ0) is 22.2. The summed E-state index contributed by atoms with van der Waals surface area (Å²) in [6.07, 6.45) is 18.5. The normalized spacial score (nSPS) is 18.2. The maximum atomic E-state index is 12.3. The molecular weight excluding hydrogens is 388 g/mol. The summed E-state index contributed by atoms with van der Waals surface area (Å²) in [4.78, 5) is 24.0. The molecule has 1 radical (unpaired) electrons. The minimum Gasteiger partial charge on any atom is -0.347 e. The van der Waals surface area contributed by atoms with Gasteiger partial charge in [-0.3, -0.25) is 10.1 Å². The lowest BCUT2D eigenvalue weighted by Gasteiger charge is -2.26. The van der Waals surface area contributed by atoms with Crippen LogP contribution in [0.2, 0.25) is 0 Å². The Morgan fingerprint density at radius 3 is 1.77 bits per heavy atom. The third kappa shape index (κ3) is 9.86. The average molecular weight is 430 g/mol. The fourth-order valence-corrected chi connectivity index (χ4v) is 4.13. The van der Waals surface area contributed by atoms with E-state index in [9.17, 15) is 9.59 Å². The Labute approximate surface area is 188 Å². The molecule has 1 saturated heterocycles. The highest BCUT2D eigenvalue weighted by molar-refractivity contribution is 6.05. The molecule has 0 aliphatic carbocycles. The molecule has 1 atom stereocenters. The smallest absolute Gasteiger partial charge is 0.346 e. The Morgan fingerprint density at radius 1 is 0.774 bits per heavy atom. The molecule has 1 aliphatic rings. The fraction of sp³-hybridized carbons (Fsp3) is 0.692. The van der Waals surface area contributed by atoms with Gasteiger partial charge in [-0.25, -0.2) is 4.79 Å². The van der Waals surface area contributed by atoms with Crippen molar-refractivity contribution in [3.63, 3.8) is 0 Å². The number of hydrogen-bond donors (Lipinski definition) is 1. The van der Waals surface area contributed by atoms with Crippen LogP contribution in [0.3, 0.4) is 0 Å². The summed E-state index contributed by atoms with van der Waals surface area (Å²) in [6, 6.07) is 8.99. The van der Waals surface area contributed by atoms with Gasteiger partial charge >= 0.3 is 11.9 Å². The van der Waals surface area contributed by atoms with Crippen molar-refractivity contribution >= 4 is 11.9 Å². The first-order chi connectivity index (χ1) is 15.2. The number of unbranched alkanes of at least 4 members (excludes halogenated alkanes) is 13. The van der Waals surface area contributed by atoms with Crippen LogP contribution in [-0.2, 0) is 16.0 Å². The van der Waals surface area contributed by atoms with E-state index in [0.29, 0.717) is 13.0 Å². The highest BCUT2D eigenvalue weighted by atomic mass is 16.5. The van der Waals surface area contributed by atoms with Crippen molar-refractivity contribution in [2.75, 3.05) is 6.61 Å². The lowest BCUT2D eigenvalue weighted by Crippen LogP contribution is -2.51. The summed E-state index contributed by atoms with van der Waals surface area (Å²) in [5, 5.41) is 6.15. The zero-order valence-corrected chi connectivity index (χ0v) is 19.4. The van der Waals surface area contributed by atoms with Crippen molar-refractivity contribution < 1.29 is 14.3 Å². The first kappa shape index (κ1) is 25.4. The fourth-order valence-electron chi connectivity index (χ4n) is 4.13. The molecule has 0 bridgehead atoms. The highest BCUT2D eigenvalue weighted by Gasteiger charge is 2.49. The number of amides is 3. The summed E-state index contributed by atoms with van der Waals surface area (Å²) in [7, 11) is 0. The first-order valence-electron chi connectivity index (χ1n) is 12.4. The highest BCUT2D eigenvalue weighted by Crippen LogP contribution is 2.21. The molecule has 1 heterocycles. The number of hydrogen-bond acceptors (Lipinski definition) is 3. The molecule has 1 unspecified atom stereocenters. The summed E-state index contributed by atoms with van der Waals surface area (Å²) >= 11 is 0. The number of rotatable bonds is 18. The van der Waals surface area contributed by atoms with Crippen molar-refractivity contribution in [3.8, 4) is 0 Å². The van der Waals surface area contributed by atoms with E-state index in [2.05, 4.69) is 17.6 Å².